The smallest absolute Gasteiger partial charge is 0.274 e. The van der Waals surface area contributed by atoms with E-state index in [1.54, 1.807) is 0 Å². The number of anilines is 1. The minimum atomic E-state index is -0.528. The van der Waals surface area contributed by atoms with Crippen LogP contribution < -0.4 is 11.1 Å². The molecule has 21 heavy (non-hydrogen) atoms. The molecule has 0 aromatic carbocycles. The molecule has 5 N–H and O–H groups in total. The number of nitrogens with zero attached hydrogens (tertiary/aromatic N) is 1. The van der Waals surface area contributed by atoms with Crippen LogP contribution >= 0.6 is 0 Å². The number of hydrogen-bond donors (Lipinski definition) is 4. The molecule has 1 heterocycles. The number of carbonyl (C=O) groups excluding carboxylic acids is 1. The number of nitrogen functional groups attached to an aromatic ring is 1. The first-order valence-electron chi connectivity index (χ1n) is 7.82. The van der Waals surface area contributed by atoms with E-state index >= 15 is 0 Å². The average Bonchev–Trinajstić information content (AvgIpc) is 3.21. The lowest BCUT2D eigenvalue weighted by Gasteiger charge is -2.39. The number of aromatic nitrogens is 2. The van der Waals surface area contributed by atoms with E-state index < -0.39 is 5.54 Å². The number of carbonyl (C=O) groups is 1. The summed E-state index contributed by atoms with van der Waals surface area (Å²) in [7, 11) is 0. The molecule has 0 spiro atoms. The van der Waals surface area contributed by atoms with Crippen LogP contribution in [0, 0.1) is 5.92 Å². The number of H-pyrrole nitrogens is 1. The van der Waals surface area contributed by atoms with Crippen molar-refractivity contribution < 1.29 is 9.90 Å². The summed E-state index contributed by atoms with van der Waals surface area (Å²) in [6.45, 7) is 2.12. The predicted molar refractivity (Wildman–Crippen MR) is 79.9 cm³/mol. The highest BCUT2D eigenvalue weighted by Crippen LogP contribution is 2.42. The molecule has 6 heteroatoms. The van der Waals surface area contributed by atoms with Crippen LogP contribution in [0.4, 0.5) is 5.69 Å². The summed E-state index contributed by atoms with van der Waals surface area (Å²) in [5, 5.41) is 19.7. The second-order valence-electron chi connectivity index (χ2n) is 6.77. The highest BCUT2D eigenvalue weighted by molar-refractivity contribution is 5.98. The average molecular weight is 292 g/mol. The minimum Gasteiger partial charge on any atom is -0.395 e. The van der Waals surface area contributed by atoms with Gasteiger partial charge in [-0.15, -0.1) is 0 Å². The van der Waals surface area contributed by atoms with Gasteiger partial charge in [-0.05, 0) is 31.6 Å². The van der Waals surface area contributed by atoms with Gasteiger partial charge in [0, 0.05) is 5.92 Å². The van der Waals surface area contributed by atoms with E-state index in [9.17, 15) is 9.90 Å². The number of nitrogens with one attached hydrogen (secondary N) is 2. The fourth-order valence-corrected chi connectivity index (χ4v) is 3.48. The number of rotatable bonds is 4. The Bertz CT molecular complexity index is 538. The van der Waals surface area contributed by atoms with Crippen molar-refractivity contribution in [2.75, 3.05) is 12.3 Å². The van der Waals surface area contributed by atoms with Gasteiger partial charge in [0.2, 0.25) is 0 Å². The summed E-state index contributed by atoms with van der Waals surface area (Å²) in [6, 6.07) is 0. The van der Waals surface area contributed by atoms with Crippen molar-refractivity contribution in [1.29, 1.82) is 0 Å². The van der Waals surface area contributed by atoms with Crippen LogP contribution in [0.5, 0.6) is 0 Å². The Morgan fingerprint density at radius 2 is 2.29 bits per heavy atom. The lowest BCUT2D eigenvalue weighted by atomic mass is 9.76. The van der Waals surface area contributed by atoms with Gasteiger partial charge in [-0.2, -0.15) is 5.10 Å². The second kappa shape index (κ2) is 5.33. The predicted octanol–water partition coefficient (Wildman–Crippen LogP) is 1.54. The van der Waals surface area contributed by atoms with Crippen LogP contribution in [0.25, 0.3) is 0 Å². The third kappa shape index (κ3) is 2.77. The molecule has 3 rings (SSSR count). The summed E-state index contributed by atoms with van der Waals surface area (Å²) in [5.41, 5.74) is 7.13. The van der Waals surface area contributed by atoms with Crippen molar-refractivity contribution in [1.82, 2.24) is 15.5 Å². The Morgan fingerprint density at radius 3 is 2.90 bits per heavy atom. The van der Waals surface area contributed by atoms with E-state index in [-0.39, 0.29) is 18.2 Å². The fraction of sp³-hybridized carbons (Fsp3) is 0.733. The maximum Gasteiger partial charge on any atom is 0.274 e. The zero-order valence-electron chi connectivity index (χ0n) is 12.5. The molecule has 0 saturated heterocycles. The highest BCUT2D eigenvalue weighted by atomic mass is 16.3. The third-order valence-corrected chi connectivity index (χ3v) is 4.81. The van der Waals surface area contributed by atoms with Crippen LogP contribution in [0.1, 0.15) is 67.5 Å². The summed E-state index contributed by atoms with van der Waals surface area (Å²) in [4.78, 5) is 12.5. The van der Waals surface area contributed by atoms with E-state index in [2.05, 4.69) is 22.4 Å². The van der Waals surface area contributed by atoms with E-state index in [1.807, 2.05) is 0 Å². The van der Waals surface area contributed by atoms with Gasteiger partial charge in [0.05, 0.1) is 23.5 Å². The van der Waals surface area contributed by atoms with Gasteiger partial charge in [-0.25, -0.2) is 0 Å². The molecular formula is C15H24N4O2. The van der Waals surface area contributed by atoms with Gasteiger partial charge in [-0.3, -0.25) is 9.89 Å². The molecule has 6 nitrogen and oxygen atoms in total. The van der Waals surface area contributed by atoms with Crippen LogP contribution in [0.2, 0.25) is 0 Å². The van der Waals surface area contributed by atoms with E-state index in [1.165, 1.54) is 0 Å². The lowest BCUT2D eigenvalue weighted by molar-refractivity contribution is 0.0693. The lowest BCUT2D eigenvalue weighted by Crippen LogP contribution is -2.54. The van der Waals surface area contributed by atoms with Gasteiger partial charge < -0.3 is 16.2 Å². The first-order chi connectivity index (χ1) is 10.0. The molecule has 1 aromatic rings. The zero-order chi connectivity index (χ0) is 15.0. The Balaban J connectivity index is 1.75. The van der Waals surface area contributed by atoms with Crippen LogP contribution in [0.3, 0.4) is 0 Å². The quantitative estimate of drug-likeness (QED) is 0.675. The van der Waals surface area contributed by atoms with Crippen molar-refractivity contribution >= 4 is 11.6 Å². The summed E-state index contributed by atoms with van der Waals surface area (Å²) < 4.78 is 0. The van der Waals surface area contributed by atoms with Crippen molar-refractivity contribution in [3.8, 4) is 0 Å². The number of aliphatic hydroxyl groups is 1. The van der Waals surface area contributed by atoms with Crippen LogP contribution in [0.15, 0.2) is 0 Å². The molecule has 2 saturated carbocycles. The normalized spacial score (nSPS) is 29.3. The number of aliphatic hydroxyl groups excluding tert-OH is 1. The van der Waals surface area contributed by atoms with E-state index in [0.717, 1.165) is 44.2 Å². The van der Waals surface area contributed by atoms with Gasteiger partial charge in [0.1, 0.15) is 0 Å². The number of aromatic amines is 1. The Morgan fingerprint density at radius 1 is 1.52 bits per heavy atom. The molecule has 2 unspecified atom stereocenters. The van der Waals surface area contributed by atoms with Gasteiger partial charge >= 0.3 is 0 Å². The van der Waals surface area contributed by atoms with E-state index in [0.29, 0.717) is 17.5 Å². The maximum atomic E-state index is 12.5. The zero-order valence-corrected chi connectivity index (χ0v) is 12.5. The Hall–Kier alpha value is -1.56. The SMILES string of the molecule is CC1CCCC(CO)(NC(=O)c2n[nH]c(C3CC3)c2N)C1. The van der Waals surface area contributed by atoms with Crippen LogP contribution in [-0.4, -0.2) is 33.4 Å². The molecular weight excluding hydrogens is 268 g/mol. The maximum absolute atomic E-state index is 12.5. The van der Waals surface area contributed by atoms with Gasteiger partial charge in [0.15, 0.2) is 5.69 Å². The van der Waals surface area contributed by atoms with Gasteiger partial charge in [-0.1, -0.05) is 19.8 Å². The fourth-order valence-electron chi connectivity index (χ4n) is 3.48. The molecule has 2 atom stereocenters. The van der Waals surface area contributed by atoms with Crippen molar-refractivity contribution in [2.45, 2.75) is 56.9 Å². The summed E-state index contributed by atoms with van der Waals surface area (Å²) >= 11 is 0. The largest absolute Gasteiger partial charge is 0.395 e. The molecule has 2 fully saturated rings. The standard InChI is InChI=1S/C15H24N4O2/c1-9-3-2-6-15(7-9,8-20)17-14(21)13-11(16)12(18-19-13)10-4-5-10/h9-10,20H,2-8,16H2,1H3,(H,17,21)(H,18,19). The molecule has 1 aromatic heterocycles. The second-order valence-corrected chi connectivity index (χ2v) is 6.77. The molecule has 1 amide bonds. The van der Waals surface area contributed by atoms with Gasteiger partial charge in [0.25, 0.3) is 5.91 Å². The van der Waals surface area contributed by atoms with Crippen molar-refractivity contribution in [3.05, 3.63) is 11.4 Å². The minimum absolute atomic E-state index is 0.0388. The van der Waals surface area contributed by atoms with Crippen LogP contribution in [-0.2, 0) is 0 Å². The molecule has 116 valence electrons. The molecule has 2 aliphatic rings. The molecule has 0 aliphatic heterocycles. The molecule has 2 aliphatic carbocycles. The Labute approximate surface area is 124 Å². The summed E-state index contributed by atoms with van der Waals surface area (Å²) in [5.74, 6) is 0.657. The molecule has 0 bridgehead atoms. The third-order valence-electron chi connectivity index (χ3n) is 4.81. The monoisotopic (exact) mass is 292 g/mol. The van der Waals surface area contributed by atoms with Crippen molar-refractivity contribution in [3.63, 3.8) is 0 Å². The summed E-state index contributed by atoms with van der Waals surface area (Å²) in [6.07, 6.45) is 5.98. The first kappa shape index (κ1) is 14.4. The number of amides is 1. The van der Waals surface area contributed by atoms with Crippen molar-refractivity contribution in [2.24, 2.45) is 5.92 Å². The molecule has 0 radical (unpaired) electrons. The first-order valence-corrected chi connectivity index (χ1v) is 7.82. The number of hydrogen-bond acceptors (Lipinski definition) is 4. The highest BCUT2D eigenvalue weighted by Gasteiger charge is 2.37. The number of nitrogens with two attached hydrogens (primary N) is 1. The Kier molecular flexibility index (Phi) is 3.65. The topological polar surface area (TPSA) is 104 Å². The van der Waals surface area contributed by atoms with E-state index in [4.69, 9.17) is 5.73 Å².